The molecule has 1 N–H and O–H groups in total. The molecule has 2 fully saturated rings. The number of carbonyl (C=O) groups is 2. The Morgan fingerprint density at radius 2 is 1.58 bits per heavy atom. The van der Waals surface area contributed by atoms with Crippen molar-refractivity contribution in [3.8, 4) is 11.5 Å². The zero-order chi connectivity index (χ0) is 25.5. The maximum absolute atomic E-state index is 13.3. The van der Waals surface area contributed by atoms with Crippen LogP contribution < -0.4 is 9.47 Å². The molecule has 1 atom stereocenters. The van der Waals surface area contributed by atoms with Crippen molar-refractivity contribution in [2.45, 2.75) is 26.3 Å². The van der Waals surface area contributed by atoms with E-state index in [1.54, 1.807) is 29.2 Å². The van der Waals surface area contributed by atoms with Crippen LogP contribution in [0, 0.1) is 0 Å². The second-order valence-electron chi connectivity index (χ2n) is 8.82. The number of rotatable bonds is 10. The molecular weight excluding hydrogens is 460 g/mol. The van der Waals surface area contributed by atoms with E-state index in [1.807, 2.05) is 38.1 Å². The molecule has 2 aromatic carbocycles. The number of aliphatic hydroxyl groups is 1. The summed E-state index contributed by atoms with van der Waals surface area (Å²) in [6.07, 6.45) is 0.887. The number of morpholine rings is 1. The van der Waals surface area contributed by atoms with Crippen LogP contribution in [0.15, 0.2) is 54.1 Å². The van der Waals surface area contributed by atoms with Crippen molar-refractivity contribution in [3.05, 3.63) is 65.2 Å². The van der Waals surface area contributed by atoms with Gasteiger partial charge in [0.2, 0.25) is 0 Å². The summed E-state index contributed by atoms with van der Waals surface area (Å²) in [4.78, 5) is 30.2. The summed E-state index contributed by atoms with van der Waals surface area (Å²) in [6, 6.07) is 13.6. The molecule has 192 valence electrons. The van der Waals surface area contributed by atoms with Gasteiger partial charge in [0.1, 0.15) is 17.3 Å². The van der Waals surface area contributed by atoms with Crippen molar-refractivity contribution in [1.82, 2.24) is 9.80 Å². The highest BCUT2D eigenvalue weighted by Crippen LogP contribution is 2.40. The number of Topliss-reactive ketones (excluding diaryl/α,β-unsaturated/α-hetero) is 1. The van der Waals surface area contributed by atoms with Crippen LogP contribution in [0.25, 0.3) is 5.76 Å². The first kappa shape index (κ1) is 25.7. The van der Waals surface area contributed by atoms with Gasteiger partial charge < -0.3 is 24.2 Å². The SMILES string of the molecule is CCCOc1ccc(/C(O)=C2\C(=O)C(=O)N(CCN3CCOCC3)C2c2ccc(OCC)cc2)cc1. The summed E-state index contributed by atoms with van der Waals surface area (Å²) in [7, 11) is 0. The Labute approximate surface area is 212 Å². The maximum atomic E-state index is 13.3. The number of hydrogen-bond donors (Lipinski definition) is 1. The number of nitrogens with zero attached hydrogens (tertiary/aromatic N) is 2. The molecule has 1 amide bonds. The second-order valence-corrected chi connectivity index (χ2v) is 8.82. The molecule has 2 saturated heterocycles. The number of ether oxygens (including phenoxy) is 3. The molecule has 0 aromatic heterocycles. The lowest BCUT2D eigenvalue weighted by molar-refractivity contribution is -0.140. The predicted molar refractivity (Wildman–Crippen MR) is 136 cm³/mol. The summed E-state index contributed by atoms with van der Waals surface area (Å²) in [6.45, 7) is 8.92. The second kappa shape index (κ2) is 12.1. The van der Waals surface area contributed by atoms with Gasteiger partial charge in [0.15, 0.2) is 0 Å². The molecule has 8 nitrogen and oxygen atoms in total. The van der Waals surface area contributed by atoms with Crippen LogP contribution >= 0.6 is 0 Å². The topological polar surface area (TPSA) is 88.5 Å². The lowest BCUT2D eigenvalue weighted by Gasteiger charge is -2.31. The van der Waals surface area contributed by atoms with Gasteiger partial charge in [0.05, 0.1) is 38.0 Å². The maximum Gasteiger partial charge on any atom is 0.295 e. The highest BCUT2D eigenvalue weighted by atomic mass is 16.5. The van der Waals surface area contributed by atoms with Crippen LogP contribution in [0.1, 0.15) is 37.4 Å². The van der Waals surface area contributed by atoms with Gasteiger partial charge in [-0.15, -0.1) is 0 Å². The Morgan fingerprint density at radius 1 is 0.944 bits per heavy atom. The van der Waals surface area contributed by atoms with Crippen LogP contribution in [0.3, 0.4) is 0 Å². The average Bonchev–Trinajstić information content (AvgIpc) is 3.17. The molecule has 0 aliphatic carbocycles. The van der Waals surface area contributed by atoms with Gasteiger partial charge in [0.25, 0.3) is 11.7 Å². The quantitative estimate of drug-likeness (QED) is 0.307. The van der Waals surface area contributed by atoms with E-state index < -0.39 is 17.7 Å². The molecule has 0 spiro atoms. The third kappa shape index (κ3) is 5.71. The summed E-state index contributed by atoms with van der Waals surface area (Å²) in [5, 5.41) is 11.3. The van der Waals surface area contributed by atoms with E-state index in [0.717, 1.165) is 25.1 Å². The Balaban J connectivity index is 1.68. The van der Waals surface area contributed by atoms with Crippen LogP contribution in [-0.2, 0) is 14.3 Å². The van der Waals surface area contributed by atoms with Gasteiger partial charge in [-0.3, -0.25) is 14.5 Å². The van der Waals surface area contributed by atoms with Gasteiger partial charge in [0, 0.05) is 31.7 Å². The smallest absolute Gasteiger partial charge is 0.295 e. The van der Waals surface area contributed by atoms with Gasteiger partial charge in [-0.25, -0.2) is 0 Å². The fraction of sp³-hybridized carbons (Fsp3) is 0.429. The highest BCUT2D eigenvalue weighted by molar-refractivity contribution is 6.46. The molecule has 0 saturated carbocycles. The third-order valence-electron chi connectivity index (χ3n) is 6.41. The molecule has 2 aliphatic heterocycles. The lowest BCUT2D eigenvalue weighted by Crippen LogP contribution is -2.42. The first-order valence-corrected chi connectivity index (χ1v) is 12.6. The van der Waals surface area contributed by atoms with E-state index in [2.05, 4.69) is 4.90 Å². The van der Waals surface area contributed by atoms with Crippen LogP contribution in [0.4, 0.5) is 0 Å². The van der Waals surface area contributed by atoms with E-state index in [9.17, 15) is 14.7 Å². The summed E-state index contributed by atoms with van der Waals surface area (Å²) < 4.78 is 16.6. The minimum absolute atomic E-state index is 0.0911. The fourth-order valence-corrected chi connectivity index (χ4v) is 4.53. The summed E-state index contributed by atoms with van der Waals surface area (Å²) >= 11 is 0. The predicted octanol–water partition coefficient (Wildman–Crippen LogP) is 3.63. The number of carbonyl (C=O) groups excluding carboxylic acids is 2. The normalized spacial score (nSPS) is 20.1. The molecule has 0 bridgehead atoms. The molecule has 4 rings (SSSR count). The molecule has 2 aromatic rings. The van der Waals surface area contributed by atoms with Crippen LogP contribution in [-0.4, -0.2) is 79.2 Å². The lowest BCUT2D eigenvalue weighted by atomic mass is 9.95. The Morgan fingerprint density at radius 3 is 2.22 bits per heavy atom. The van der Waals surface area contributed by atoms with Crippen molar-refractivity contribution < 1.29 is 28.9 Å². The summed E-state index contributed by atoms with van der Waals surface area (Å²) in [5.41, 5.74) is 1.29. The zero-order valence-electron chi connectivity index (χ0n) is 20.9. The molecule has 8 heteroatoms. The molecule has 36 heavy (non-hydrogen) atoms. The number of aliphatic hydroxyl groups excluding tert-OH is 1. The zero-order valence-corrected chi connectivity index (χ0v) is 20.9. The average molecular weight is 495 g/mol. The standard InChI is InChI=1S/C28H34N2O6/c1-3-17-36-23-11-7-21(8-12-23)26(31)24-25(20-5-9-22(10-6-20)35-4-2)30(28(33)27(24)32)14-13-29-15-18-34-19-16-29/h5-12,25,31H,3-4,13-19H2,1-2H3/b26-24+. The van der Waals surface area contributed by atoms with E-state index in [4.69, 9.17) is 14.2 Å². The first-order chi connectivity index (χ1) is 17.5. The van der Waals surface area contributed by atoms with Gasteiger partial charge in [-0.1, -0.05) is 19.1 Å². The van der Waals surface area contributed by atoms with E-state index in [0.29, 0.717) is 56.6 Å². The van der Waals surface area contributed by atoms with Crippen molar-refractivity contribution in [1.29, 1.82) is 0 Å². The van der Waals surface area contributed by atoms with Crippen molar-refractivity contribution in [2.75, 3.05) is 52.6 Å². The number of benzene rings is 2. The number of likely N-dealkylation sites (tertiary alicyclic amines) is 1. The van der Waals surface area contributed by atoms with Gasteiger partial charge >= 0.3 is 0 Å². The molecular formula is C28H34N2O6. The number of amides is 1. The molecule has 1 unspecified atom stereocenters. The Kier molecular flexibility index (Phi) is 8.61. The Bertz CT molecular complexity index is 1070. The monoisotopic (exact) mass is 494 g/mol. The minimum Gasteiger partial charge on any atom is -0.507 e. The highest BCUT2D eigenvalue weighted by Gasteiger charge is 2.46. The Hall–Kier alpha value is -3.36. The third-order valence-corrected chi connectivity index (χ3v) is 6.41. The molecule has 2 aliphatic rings. The largest absolute Gasteiger partial charge is 0.507 e. The van der Waals surface area contributed by atoms with Crippen molar-refractivity contribution in [3.63, 3.8) is 0 Å². The van der Waals surface area contributed by atoms with Gasteiger partial charge in [-0.05, 0) is 55.3 Å². The van der Waals surface area contributed by atoms with E-state index in [1.165, 1.54) is 0 Å². The number of hydrogen-bond acceptors (Lipinski definition) is 7. The van der Waals surface area contributed by atoms with E-state index >= 15 is 0 Å². The molecule has 2 heterocycles. The van der Waals surface area contributed by atoms with E-state index in [-0.39, 0.29) is 11.3 Å². The summed E-state index contributed by atoms with van der Waals surface area (Å²) in [5.74, 6) is -0.0916. The number of ketones is 1. The minimum atomic E-state index is -0.697. The van der Waals surface area contributed by atoms with Crippen molar-refractivity contribution >= 4 is 17.4 Å². The van der Waals surface area contributed by atoms with Crippen LogP contribution in [0.2, 0.25) is 0 Å². The fourth-order valence-electron chi connectivity index (χ4n) is 4.53. The van der Waals surface area contributed by atoms with Crippen molar-refractivity contribution in [2.24, 2.45) is 0 Å². The van der Waals surface area contributed by atoms with Crippen LogP contribution in [0.5, 0.6) is 11.5 Å². The molecule has 0 radical (unpaired) electrons. The van der Waals surface area contributed by atoms with Gasteiger partial charge in [-0.2, -0.15) is 0 Å². The first-order valence-electron chi connectivity index (χ1n) is 12.6.